The molecule has 0 aliphatic heterocycles. The third kappa shape index (κ3) is 2.85. The summed E-state index contributed by atoms with van der Waals surface area (Å²) < 4.78 is 9.09. The minimum Gasteiger partial charge on any atom is -0.374 e. The average Bonchev–Trinajstić information content (AvgIpc) is 2.60. The predicted octanol–water partition coefficient (Wildman–Crippen LogP) is 1.56. The van der Waals surface area contributed by atoms with Crippen LogP contribution in [0.5, 0.6) is 0 Å². The lowest BCUT2D eigenvalue weighted by Crippen LogP contribution is -2.15. The van der Waals surface area contributed by atoms with Crippen LogP contribution in [0, 0.1) is 6.92 Å². The second kappa shape index (κ2) is 5.17. The molecule has 1 aromatic rings. The lowest BCUT2D eigenvalue weighted by atomic mass is 10.1. The van der Waals surface area contributed by atoms with Crippen molar-refractivity contribution in [3.8, 4) is 0 Å². The highest BCUT2D eigenvalue weighted by Gasteiger charge is 2.18. The van der Waals surface area contributed by atoms with E-state index in [1.165, 1.54) is 11.5 Å². The first kappa shape index (κ1) is 11.3. The Labute approximate surface area is 87.5 Å². The Hall–Kier alpha value is -0.810. The zero-order chi connectivity index (χ0) is 10.6. The molecule has 1 heterocycles. The first-order valence-electron chi connectivity index (χ1n) is 4.55. The summed E-state index contributed by atoms with van der Waals surface area (Å²) in [7, 11) is 0. The summed E-state index contributed by atoms with van der Waals surface area (Å²) in [6.45, 7) is 6.25. The molecule has 4 nitrogen and oxygen atoms in total. The van der Waals surface area contributed by atoms with Crippen molar-refractivity contribution >= 4 is 17.3 Å². The van der Waals surface area contributed by atoms with E-state index >= 15 is 0 Å². The predicted molar refractivity (Wildman–Crippen MR) is 54.6 cm³/mol. The maximum atomic E-state index is 11.5. The molecule has 0 N–H and O–H groups in total. The second-order valence-electron chi connectivity index (χ2n) is 3.00. The molecule has 0 aliphatic carbocycles. The van der Waals surface area contributed by atoms with Gasteiger partial charge in [0.05, 0.1) is 5.92 Å². The van der Waals surface area contributed by atoms with E-state index in [0.717, 1.165) is 10.8 Å². The van der Waals surface area contributed by atoms with Gasteiger partial charge in [-0.3, -0.25) is 4.79 Å². The molecule has 0 saturated carbocycles. The Kier molecular flexibility index (Phi) is 4.16. The number of carbonyl (C=O) groups is 1. The molecule has 1 aromatic heterocycles. The van der Waals surface area contributed by atoms with Gasteiger partial charge in [0.25, 0.3) is 0 Å². The van der Waals surface area contributed by atoms with E-state index in [4.69, 9.17) is 4.74 Å². The van der Waals surface area contributed by atoms with Crippen LogP contribution in [-0.4, -0.2) is 28.4 Å². The van der Waals surface area contributed by atoms with Gasteiger partial charge in [0, 0.05) is 6.61 Å². The molecular weight excluding hydrogens is 200 g/mol. The lowest BCUT2D eigenvalue weighted by Gasteiger charge is -2.05. The highest BCUT2D eigenvalue weighted by Crippen LogP contribution is 2.18. The third-order valence-electron chi connectivity index (χ3n) is 1.85. The summed E-state index contributed by atoms with van der Waals surface area (Å²) in [5.41, 5.74) is 0. The van der Waals surface area contributed by atoms with E-state index in [1.807, 2.05) is 20.8 Å². The number of Topliss-reactive ketones (excluding diaryl/α,β-unsaturated/α-hetero) is 1. The molecule has 1 rings (SSSR count). The zero-order valence-electron chi connectivity index (χ0n) is 8.61. The van der Waals surface area contributed by atoms with Gasteiger partial charge in [0.2, 0.25) is 0 Å². The first-order valence-corrected chi connectivity index (χ1v) is 5.33. The van der Waals surface area contributed by atoms with Crippen molar-refractivity contribution < 1.29 is 9.53 Å². The molecule has 0 amide bonds. The number of hydrogen-bond donors (Lipinski definition) is 0. The topological polar surface area (TPSA) is 52.1 Å². The standard InChI is InChI=1S/C9H14N2O2S/c1-4-13-5-8(12)6(2)9-10-7(3)11-14-9/h6H,4-5H2,1-3H3. The smallest absolute Gasteiger partial charge is 0.168 e. The zero-order valence-corrected chi connectivity index (χ0v) is 9.43. The normalized spacial score (nSPS) is 12.8. The van der Waals surface area contributed by atoms with Crippen LogP contribution in [0.15, 0.2) is 0 Å². The molecular formula is C9H14N2O2S. The summed E-state index contributed by atoms with van der Waals surface area (Å²) in [6.07, 6.45) is 0. The van der Waals surface area contributed by atoms with Crippen molar-refractivity contribution in [3.05, 3.63) is 10.8 Å². The largest absolute Gasteiger partial charge is 0.374 e. The number of aryl methyl sites for hydroxylation is 1. The van der Waals surface area contributed by atoms with Gasteiger partial charge in [0.1, 0.15) is 17.4 Å². The van der Waals surface area contributed by atoms with Crippen molar-refractivity contribution in [3.63, 3.8) is 0 Å². The number of carbonyl (C=O) groups excluding carboxylic acids is 1. The van der Waals surface area contributed by atoms with Crippen molar-refractivity contribution in [2.45, 2.75) is 26.7 Å². The lowest BCUT2D eigenvalue weighted by molar-refractivity contribution is -0.124. The molecule has 0 aliphatic rings. The summed E-state index contributed by atoms with van der Waals surface area (Å²) in [4.78, 5) is 15.7. The monoisotopic (exact) mass is 214 g/mol. The van der Waals surface area contributed by atoms with Gasteiger partial charge in [-0.1, -0.05) is 0 Å². The molecule has 0 saturated heterocycles. The minimum atomic E-state index is -0.201. The maximum Gasteiger partial charge on any atom is 0.168 e. The summed E-state index contributed by atoms with van der Waals surface area (Å²) in [6, 6.07) is 0. The molecule has 0 aromatic carbocycles. The Morgan fingerprint density at radius 3 is 2.86 bits per heavy atom. The van der Waals surface area contributed by atoms with Crippen LogP contribution in [0.3, 0.4) is 0 Å². The van der Waals surface area contributed by atoms with E-state index in [0.29, 0.717) is 6.61 Å². The van der Waals surface area contributed by atoms with Crippen LogP contribution in [0.2, 0.25) is 0 Å². The van der Waals surface area contributed by atoms with Gasteiger partial charge in [-0.05, 0) is 32.3 Å². The molecule has 0 fully saturated rings. The fourth-order valence-electron chi connectivity index (χ4n) is 0.954. The van der Waals surface area contributed by atoms with Gasteiger partial charge in [-0.15, -0.1) is 0 Å². The van der Waals surface area contributed by atoms with E-state index in [9.17, 15) is 4.79 Å². The number of aromatic nitrogens is 2. The first-order chi connectivity index (χ1) is 6.65. The van der Waals surface area contributed by atoms with Gasteiger partial charge in [0.15, 0.2) is 5.78 Å². The Bertz CT molecular complexity index is 312. The fraction of sp³-hybridized carbons (Fsp3) is 0.667. The molecule has 0 spiro atoms. The van der Waals surface area contributed by atoms with Gasteiger partial charge in [-0.2, -0.15) is 4.37 Å². The van der Waals surface area contributed by atoms with E-state index in [-0.39, 0.29) is 18.3 Å². The van der Waals surface area contributed by atoms with Crippen LogP contribution in [0.25, 0.3) is 0 Å². The molecule has 0 bridgehead atoms. The molecule has 1 unspecified atom stereocenters. The third-order valence-corrected chi connectivity index (χ3v) is 2.83. The van der Waals surface area contributed by atoms with Crippen molar-refractivity contribution in [2.24, 2.45) is 0 Å². The molecule has 5 heteroatoms. The van der Waals surface area contributed by atoms with Crippen LogP contribution in [-0.2, 0) is 9.53 Å². The van der Waals surface area contributed by atoms with Crippen LogP contribution >= 0.6 is 11.5 Å². The maximum absolute atomic E-state index is 11.5. The highest BCUT2D eigenvalue weighted by molar-refractivity contribution is 7.05. The van der Waals surface area contributed by atoms with Crippen LogP contribution < -0.4 is 0 Å². The molecule has 78 valence electrons. The van der Waals surface area contributed by atoms with Crippen molar-refractivity contribution in [1.82, 2.24) is 9.36 Å². The fourth-order valence-corrected chi connectivity index (χ4v) is 1.68. The van der Waals surface area contributed by atoms with Crippen LogP contribution in [0.1, 0.15) is 30.6 Å². The van der Waals surface area contributed by atoms with Crippen molar-refractivity contribution in [2.75, 3.05) is 13.2 Å². The molecule has 14 heavy (non-hydrogen) atoms. The quantitative estimate of drug-likeness (QED) is 0.746. The number of ketones is 1. The van der Waals surface area contributed by atoms with Gasteiger partial charge < -0.3 is 4.74 Å². The number of hydrogen-bond acceptors (Lipinski definition) is 5. The van der Waals surface area contributed by atoms with Crippen molar-refractivity contribution in [1.29, 1.82) is 0 Å². The number of rotatable bonds is 5. The highest BCUT2D eigenvalue weighted by atomic mass is 32.1. The summed E-state index contributed by atoms with van der Waals surface area (Å²) in [5.74, 6) is 0.580. The number of nitrogens with zero attached hydrogens (tertiary/aromatic N) is 2. The van der Waals surface area contributed by atoms with Gasteiger partial charge >= 0.3 is 0 Å². The summed E-state index contributed by atoms with van der Waals surface area (Å²) in [5, 5.41) is 0.771. The minimum absolute atomic E-state index is 0.0583. The Morgan fingerprint density at radius 1 is 1.64 bits per heavy atom. The van der Waals surface area contributed by atoms with E-state index in [2.05, 4.69) is 9.36 Å². The van der Waals surface area contributed by atoms with Crippen LogP contribution in [0.4, 0.5) is 0 Å². The molecule has 0 radical (unpaired) electrons. The summed E-state index contributed by atoms with van der Waals surface area (Å²) >= 11 is 1.28. The second-order valence-corrected chi connectivity index (χ2v) is 3.79. The van der Waals surface area contributed by atoms with E-state index < -0.39 is 0 Å². The Balaban J connectivity index is 2.56. The SMILES string of the molecule is CCOCC(=O)C(C)c1nc(C)ns1. The average molecular weight is 214 g/mol. The Morgan fingerprint density at radius 2 is 2.36 bits per heavy atom. The molecule has 1 atom stereocenters. The van der Waals surface area contributed by atoms with E-state index in [1.54, 1.807) is 0 Å². The number of ether oxygens (including phenoxy) is 1. The van der Waals surface area contributed by atoms with Gasteiger partial charge in [-0.25, -0.2) is 4.98 Å².